The minimum Gasteiger partial charge on any atom is -0.404 e. The molecule has 2 amide bonds. The molecule has 0 radical (unpaired) electrons. The van der Waals surface area contributed by atoms with Gasteiger partial charge in [0.05, 0.1) is 17.1 Å². The summed E-state index contributed by atoms with van der Waals surface area (Å²) in [5, 5.41) is 8.84. The number of carbonyl (C=O) groups is 1. The van der Waals surface area contributed by atoms with E-state index < -0.39 is 18.1 Å². The molecule has 2 aromatic rings. The predicted octanol–water partition coefficient (Wildman–Crippen LogP) is 3.27. The third-order valence-corrected chi connectivity index (χ3v) is 2.62. The van der Waals surface area contributed by atoms with E-state index in [4.69, 9.17) is 0 Å². The first kappa shape index (κ1) is 15.7. The van der Waals surface area contributed by atoms with Gasteiger partial charge in [0.1, 0.15) is 0 Å². The highest BCUT2D eigenvalue weighted by Gasteiger charge is 2.32. The number of rotatable bonds is 3. The molecule has 9 heteroatoms. The molecule has 0 unspecified atom stereocenters. The van der Waals surface area contributed by atoms with Crippen LogP contribution in [0.15, 0.2) is 30.5 Å². The van der Waals surface area contributed by atoms with Crippen molar-refractivity contribution in [1.29, 1.82) is 0 Å². The molecule has 1 aromatic carbocycles. The molecule has 22 heavy (non-hydrogen) atoms. The average molecular weight is 314 g/mol. The van der Waals surface area contributed by atoms with Crippen LogP contribution in [-0.4, -0.2) is 22.2 Å². The van der Waals surface area contributed by atoms with Crippen LogP contribution in [0.5, 0.6) is 5.75 Å². The van der Waals surface area contributed by atoms with Gasteiger partial charge >= 0.3 is 12.4 Å². The zero-order valence-electron chi connectivity index (χ0n) is 11.7. The molecule has 0 saturated carbocycles. The minimum absolute atomic E-state index is 0.0983. The van der Waals surface area contributed by atoms with Crippen LogP contribution < -0.4 is 15.4 Å². The van der Waals surface area contributed by atoms with Crippen LogP contribution in [0.2, 0.25) is 0 Å². The van der Waals surface area contributed by atoms with Gasteiger partial charge in [0.15, 0.2) is 5.75 Å². The Bertz CT molecular complexity index is 682. The minimum atomic E-state index is -4.84. The third-order valence-electron chi connectivity index (χ3n) is 2.62. The van der Waals surface area contributed by atoms with E-state index in [2.05, 4.69) is 20.5 Å². The first-order chi connectivity index (χ1) is 10.2. The summed E-state index contributed by atoms with van der Waals surface area (Å²) in [6.45, 7) is 1.69. The maximum atomic E-state index is 12.3. The summed E-state index contributed by atoms with van der Waals surface area (Å²) < 4.78 is 42.3. The van der Waals surface area contributed by atoms with Crippen molar-refractivity contribution in [2.75, 3.05) is 10.6 Å². The quantitative estimate of drug-likeness (QED) is 0.913. The van der Waals surface area contributed by atoms with E-state index in [9.17, 15) is 18.0 Å². The van der Waals surface area contributed by atoms with Gasteiger partial charge in [-0.05, 0) is 19.1 Å². The Morgan fingerprint density at radius 2 is 1.86 bits per heavy atom. The fourth-order valence-corrected chi connectivity index (χ4v) is 1.78. The Morgan fingerprint density at radius 3 is 2.45 bits per heavy atom. The summed E-state index contributed by atoms with van der Waals surface area (Å²) in [4.78, 5) is 11.9. The molecular formula is C13H13F3N4O2. The fraction of sp³-hybridized carbons (Fsp3) is 0.231. The molecule has 0 aliphatic carbocycles. The lowest BCUT2D eigenvalue weighted by molar-refractivity contribution is -0.274. The Balaban J connectivity index is 2.10. The maximum absolute atomic E-state index is 12.3. The summed E-state index contributed by atoms with van der Waals surface area (Å²) >= 11 is 0. The Kier molecular flexibility index (Phi) is 4.25. The largest absolute Gasteiger partial charge is 0.573 e. The molecular weight excluding hydrogens is 301 g/mol. The summed E-state index contributed by atoms with van der Waals surface area (Å²) in [5.41, 5.74) is 0.936. The first-order valence-corrected chi connectivity index (χ1v) is 6.17. The number of alkyl halides is 3. The standard InChI is InChI=1S/C13H13F3N4O2/c1-8-10(7-20(2)19-8)18-12(21)17-9-5-3-4-6-11(9)22-13(14,15)16/h3-7H,1-2H3,(H2,17,18,21). The smallest absolute Gasteiger partial charge is 0.404 e. The topological polar surface area (TPSA) is 68.2 Å². The number of anilines is 2. The lowest BCUT2D eigenvalue weighted by atomic mass is 10.3. The van der Waals surface area contributed by atoms with Crippen LogP contribution in [0.3, 0.4) is 0 Å². The second-order valence-corrected chi connectivity index (χ2v) is 4.42. The van der Waals surface area contributed by atoms with Crippen molar-refractivity contribution in [3.8, 4) is 5.75 Å². The van der Waals surface area contributed by atoms with Crippen LogP contribution in [0.4, 0.5) is 29.3 Å². The molecule has 0 atom stereocenters. The Morgan fingerprint density at radius 1 is 1.23 bits per heavy atom. The summed E-state index contributed by atoms with van der Waals surface area (Å²) in [7, 11) is 1.68. The molecule has 118 valence electrons. The highest BCUT2D eigenvalue weighted by Crippen LogP contribution is 2.30. The van der Waals surface area contributed by atoms with Gasteiger partial charge < -0.3 is 15.4 Å². The zero-order chi connectivity index (χ0) is 16.3. The van der Waals surface area contributed by atoms with Crippen LogP contribution in [0.1, 0.15) is 5.69 Å². The number of nitrogens with zero attached hydrogens (tertiary/aromatic N) is 2. The van der Waals surface area contributed by atoms with Crippen molar-refractivity contribution in [2.24, 2.45) is 7.05 Å². The van der Waals surface area contributed by atoms with E-state index in [1.54, 1.807) is 20.2 Å². The van der Waals surface area contributed by atoms with Gasteiger partial charge in [-0.3, -0.25) is 4.68 Å². The highest BCUT2D eigenvalue weighted by molar-refractivity contribution is 6.00. The van der Waals surface area contributed by atoms with E-state index in [-0.39, 0.29) is 5.69 Å². The molecule has 0 bridgehead atoms. The molecule has 2 N–H and O–H groups in total. The van der Waals surface area contributed by atoms with Gasteiger partial charge in [-0.1, -0.05) is 12.1 Å². The van der Waals surface area contributed by atoms with Crippen LogP contribution in [-0.2, 0) is 7.05 Å². The SMILES string of the molecule is Cc1nn(C)cc1NC(=O)Nc1ccccc1OC(F)(F)F. The summed E-state index contributed by atoms with van der Waals surface area (Å²) in [6, 6.07) is 4.56. The lowest BCUT2D eigenvalue weighted by Crippen LogP contribution is -2.22. The number of amides is 2. The summed E-state index contributed by atoms with van der Waals surface area (Å²) in [6.07, 6.45) is -3.26. The molecule has 0 saturated heterocycles. The third kappa shape index (κ3) is 4.14. The molecule has 2 rings (SSSR count). The normalized spacial score (nSPS) is 11.1. The van der Waals surface area contributed by atoms with Gasteiger partial charge in [-0.15, -0.1) is 13.2 Å². The van der Waals surface area contributed by atoms with Gasteiger partial charge in [0.2, 0.25) is 0 Å². The van der Waals surface area contributed by atoms with Crippen molar-refractivity contribution in [3.05, 3.63) is 36.2 Å². The van der Waals surface area contributed by atoms with Gasteiger partial charge in [0.25, 0.3) is 0 Å². The fourth-order valence-electron chi connectivity index (χ4n) is 1.78. The van der Waals surface area contributed by atoms with E-state index in [0.29, 0.717) is 11.4 Å². The van der Waals surface area contributed by atoms with Crippen molar-refractivity contribution >= 4 is 17.4 Å². The molecule has 0 spiro atoms. The van der Waals surface area contributed by atoms with Gasteiger partial charge in [-0.2, -0.15) is 5.10 Å². The molecule has 6 nitrogen and oxygen atoms in total. The van der Waals surface area contributed by atoms with Crippen LogP contribution in [0, 0.1) is 6.92 Å². The molecule has 0 aliphatic heterocycles. The number of para-hydroxylation sites is 2. The molecule has 0 fully saturated rings. The van der Waals surface area contributed by atoms with Crippen LogP contribution >= 0.6 is 0 Å². The number of nitrogens with one attached hydrogen (secondary N) is 2. The molecule has 1 aromatic heterocycles. The van der Waals surface area contributed by atoms with E-state index in [1.807, 2.05) is 0 Å². The van der Waals surface area contributed by atoms with Crippen molar-refractivity contribution in [2.45, 2.75) is 13.3 Å². The number of halogens is 3. The second kappa shape index (κ2) is 5.96. The Hall–Kier alpha value is -2.71. The molecule has 1 heterocycles. The number of urea groups is 1. The van der Waals surface area contributed by atoms with Gasteiger partial charge in [0, 0.05) is 13.2 Å². The molecule has 0 aliphatic rings. The number of aromatic nitrogens is 2. The second-order valence-electron chi connectivity index (χ2n) is 4.42. The first-order valence-electron chi connectivity index (χ1n) is 6.17. The lowest BCUT2D eigenvalue weighted by Gasteiger charge is -2.14. The monoisotopic (exact) mass is 314 g/mol. The number of carbonyl (C=O) groups excluding carboxylic acids is 1. The van der Waals surface area contributed by atoms with E-state index in [0.717, 1.165) is 6.07 Å². The van der Waals surface area contributed by atoms with Crippen molar-refractivity contribution in [3.63, 3.8) is 0 Å². The number of benzene rings is 1. The zero-order valence-corrected chi connectivity index (χ0v) is 11.7. The maximum Gasteiger partial charge on any atom is 0.573 e. The average Bonchev–Trinajstić information content (AvgIpc) is 2.68. The number of hydrogen-bond acceptors (Lipinski definition) is 3. The van der Waals surface area contributed by atoms with Crippen molar-refractivity contribution < 1.29 is 22.7 Å². The number of hydrogen-bond donors (Lipinski definition) is 2. The van der Waals surface area contributed by atoms with E-state index in [1.165, 1.54) is 22.9 Å². The summed E-state index contributed by atoms with van der Waals surface area (Å²) in [5.74, 6) is -0.493. The number of ether oxygens (including phenoxy) is 1. The van der Waals surface area contributed by atoms with Gasteiger partial charge in [-0.25, -0.2) is 4.79 Å². The Labute approximate surface area is 123 Å². The van der Waals surface area contributed by atoms with E-state index >= 15 is 0 Å². The predicted molar refractivity (Wildman–Crippen MR) is 73.7 cm³/mol. The van der Waals surface area contributed by atoms with Crippen LogP contribution in [0.25, 0.3) is 0 Å². The highest BCUT2D eigenvalue weighted by atomic mass is 19.4. The van der Waals surface area contributed by atoms with Crippen molar-refractivity contribution in [1.82, 2.24) is 9.78 Å². The number of aryl methyl sites for hydroxylation is 2.